The van der Waals surface area contributed by atoms with Crippen molar-refractivity contribution in [3.8, 4) is 0 Å². The fourth-order valence-electron chi connectivity index (χ4n) is 4.45. The van der Waals surface area contributed by atoms with Crippen LogP contribution in [0, 0.1) is 0 Å². The highest BCUT2D eigenvalue weighted by Crippen LogP contribution is 2.37. The van der Waals surface area contributed by atoms with Gasteiger partial charge in [-0.2, -0.15) is 0 Å². The number of rotatable bonds is 12. The Hall–Kier alpha value is -5.87. The zero-order valence-electron chi connectivity index (χ0n) is 25.3. The molecule has 4 aromatic carbocycles. The minimum atomic E-state index is -0.647. The molecule has 0 fully saturated rings. The Morgan fingerprint density at radius 3 is 2.17 bits per heavy atom. The molecule has 47 heavy (non-hydrogen) atoms. The minimum Gasteiger partial charge on any atom is -0.465 e. The molecule has 0 saturated heterocycles. The van der Waals surface area contributed by atoms with Crippen molar-refractivity contribution in [1.82, 2.24) is 5.32 Å². The van der Waals surface area contributed by atoms with Crippen LogP contribution in [0.2, 0.25) is 0 Å². The lowest BCUT2D eigenvalue weighted by Gasteiger charge is -2.18. The summed E-state index contributed by atoms with van der Waals surface area (Å²) in [6.45, 7) is 2.01. The van der Waals surface area contributed by atoms with Crippen molar-refractivity contribution in [2.75, 3.05) is 17.2 Å². The lowest BCUT2D eigenvalue weighted by atomic mass is 10.1. The molecule has 236 valence electrons. The summed E-state index contributed by atoms with van der Waals surface area (Å²) in [5, 5.41) is 7.81. The lowest BCUT2D eigenvalue weighted by molar-refractivity contribution is -0.116. The van der Waals surface area contributed by atoms with E-state index in [9.17, 15) is 19.2 Å². The monoisotopic (exact) mass is 645 g/mol. The van der Waals surface area contributed by atoms with Gasteiger partial charge in [-0.25, -0.2) is 4.79 Å². The van der Waals surface area contributed by atoms with E-state index in [0.29, 0.717) is 33.2 Å². The van der Waals surface area contributed by atoms with Crippen molar-refractivity contribution in [2.45, 2.75) is 17.1 Å². The van der Waals surface area contributed by atoms with Gasteiger partial charge in [-0.3, -0.25) is 14.4 Å². The predicted molar refractivity (Wildman–Crippen MR) is 182 cm³/mol. The number of furan rings is 1. The Labute approximate surface area is 276 Å². The van der Waals surface area contributed by atoms with Crippen molar-refractivity contribution in [3.63, 3.8) is 0 Å². The molecule has 5 aromatic rings. The number of anilines is 2. The van der Waals surface area contributed by atoms with Crippen molar-refractivity contribution in [2.24, 2.45) is 0 Å². The van der Waals surface area contributed by atoms with E-state index in [1.54, 1.807) is 91.9 Å². The summed E-state index contributed by atoms with van der Waals surface area (Å²) >= 11 is 1.31. The second kappa shape index (κ2) is 15.9. The average Bonchev–Trinajstić information content (AvgIpc) is 3.61. The SMILES string of the molecule is CCOC(=O)c1ccc(NC(=O)C(Sc2cccc(NC(=O)/C(=C/c3ccco3)NC(=O)c3ccccc3)c2)c2ccccc2)cc1. The Kier molecular flexibility index (Phi) is 11.0. The topological polar surface area (TPSA) is 127 Å². The summed E-state index contributed by atoms with van der Waals surface area (Å²) in [4.78, 5) is 52.7. The normalized spacial score (nSPS) is 11.6. The van der Waals surface area contributed by atoms with E-state index in [4.69, 9.17) is 9.15 Å². The zero-order valence-corrected chi connectivity index (χ0v) is 26.2. The number of ether oxygens (including phenoxy) is 1. The third-order valence-electron chi connectivity index (χ3n) is 6.71. The van der Waals surface area contributed by atoms with Crippen LogP contribution in [0.25, 0.3) is 6.08 Å². The van der Waals surface area contributed by atoms with Gasteiger partial charge in [0.1, 0.15) is 16.7 Å². The molecular formula is C37H31N3O6S. The third-order valence-corrected chi connectivity index (χ3v) is 7.96. The van der Waals surface area contributed by atoms with Gasteiger partial charge >= 0.3 is 5.97 Å². The highest BCUT2D eigenvalue weighted by atomic mass is 32.2. The molecule has 0 bridgehead atoms. The number of thioether (sulfide) groups is 1. The van der Waals surface area contributed by atoms with E-state index in [1.165, 1.54) is 24.1 Å². The molecule has 0 aliphatic carbocycles. The summed E-state index contributed by atoms with van der Waals surface area (Å²) < 4.78 is 10.4. The fourth-order valence-corrected chi connectivity index (χ4v) is 5.54. The lowest BCUT2D eigenvalue weighted by Crippen LogP contribution is -2.30. The van der Waals surface area contributed by atoms with Crippen molar-refractivity contribution in [1.29, 1.82) is 0 Å². The molecule has 1 aromatic heterocycles. The molecule has 10 heteroatoms. The van der Waals surface area contributed by atoms with E-state index in [-0.39, 0.29) is 18.2 Å². The first kappa shape index (κ1) is 32.5. The maximum absolute atomic E-state index is 13.6. The number of hydrogen-bond acceptors (Lipinski definition) is 7. The van der Waals surface area contributed by atoms with E-state index < -0.39 is 23.0 Å². The van der Waals surface area contributed by atoms with Crippen LogP contribution in [0.3, 0.4) is 0 Å². The quantitative estimate of drug-likeness (QED) is 0.0736. The summed E-state index contributed by atoms with van der Waals surface area (Å²) in [6.07, 6.45) is 2.92. The van der Waals surface area contributed by atoms with Crippen LogP contribution < -0.4 is 16.0 Å². The molecule has 0 saturated carbocycles. The van der Waals surface area contributed by atoms with Gasteiger partial charge in [0, 0.05) is 27.9 Å². The fraction of sp³-hybridized carbons (Fsp3) is 0.0811. The molecule has 0 aliphatic heterocycles. The van der Waals surface area contributed by atoms with Crippen LogP contribution in [0.15, 0.2) is 143 Å². The van der Waals surface area contributed by atoms with E-state index in [1.807, 2.05) is 36.4 Å². The molecule has 0 spiro atoms. The number of amides is 3. The number of benzene rings is 4. The van der Waals surface area contributed by atoms with Gasteiger partial charge in [0.15, 0.2) is 0 Å². The molecule has 1 atom stereocenters. The maximum Gasteiger partial charge on any atom is 0.338 e. The molecule has 3 amide bonds. The van der Waals surface area contributed by atoms with Crippen LogP contribution in [-0.4, -0.2) is 30.3 Å². The van der Waals surface area contributed by atoms with Gasteiger partial charge in [-0.1, -0.05) is 54.6 Å². The Morgan fingerprint density at radius 2 is 1.49 bits per heavy atom. The van der Waals surface area contributed by atoms with Crippen LogP contribution in [-0.2, 0) is 14.3 Å². The van der Waals surface area contributed by atoms with Gasteiger partial charge < -0.3 is 25.1 Å². The summed E-state index contributed by atoms with van der Waals surface area (Å²) in [5.74, 6) is -1.32. The summed E-state index contributed by atoms with van der Waals surface area (Å²) in [6, 6.07) is 34.8. The zero-order chi connectivity index (χ0) is 33.0. The first-order valence-corrected chi connectivity index (χ1v) is 15.6. The van der Waals surface area contributed by atoms with Gasteiger partial charge in [-0.05, 0) is 79.2 Å². The molecule has 1 heterocycles. The van der Waals surface area contributed by atoms with Crippen molar-refractivity contribution < 1.29 is 28.3 Å². The largest absolute Gasteiger partial charge is 0.465 e. The number of esters is 1. The van der Waals surface area contributed by atoms with Crippen LogP contribution in [0.4, 0.5) is 11.4 Å². The smallest absolute Gasteiger partial charge is 0.338 e. The minimum absolute atomic E-state index is 0.0117. The third kappa shape index (κ3) is 9.09. The van der Waals surface area contributed by atoms with Crippen LogP contribution in [0.1, 0.15) is 44.2 Å². The Balaban J connectivity index is 1.33. The molecule has 3 N–H and O–H groups in total. The number of nitrogens with one attached hydrogen (secondary N) is 3. The van der Waals surface area contributed by atoms with Gasteiger partial charge in [-0.15, -0.1) is 11.8 Å². The van der Waals surface area contributed by atoms with Gasteiger partial charge in [0.05, 0.1) is 18.4 Å². The second-order valence-electron chi connectivity index (χ2n) is 10.1. The number of carbonyl (C=O) groups is 4. The number of carbonyl (C=O) groups excluding carboxylic acids is 4. The van der Waals surface area contributed by atoms with Crippen LogP contribution >= 0.6 is 11.8 Å². The molecule has 0 radical (unpaired) electrons. The molecular weight excluding hydrogens is 614 g/mol. The predicted octanol–water partition coefficient (Wildman–Crippen LogP) is 7.34. The Bertz CT molecular complexity index is 1860. The van der Waals surface area contributed by atoms with Gasteiger partial charge in [0.25, 0.3) is 11.8 Å². The highest BCUT2D eigenvalue weighted by Gasteiger charge is 2.23. The van der Waals surface area contributed by atoms with Crippen LogP contribution in [0.5, 0.6) is 0 Å². The highest BCUT2D eigenvalue weighted by molar-refractivity contribution is 8.00. The first-order chi connectivity index (χ1) is 22.9. The van der Waals surface area contributed by atoms with E-state index >= 15 is 0 Å². The molecule has 0 aliphatic rings. The van der Waals surface area contributed by atoms with Gasteiger partial charge in [0.2, 0.25) is 5.91 Å². The second-order valence-corrected chi connectivity index (χ2v) is 11.2. The first-order valence-electron chi connectivity index (χ1n) is 14.7. The molecule has 1 unspecified atom stereocenters. The molecule has 5 rings (SSSR count). The summed E-state index contributed by atoms with van der Waals surface area (Å²) in [5.41, 5.74) is 2.53. The summed E-state index contributed by atoms with van der Waals surface area (Å²) in [7, 11) is 0. The number of hydrogen-bond donors (Lipinski definition) is 3. The standard InChI is InChI=1S/C37H31N3O6S/c1-2-45-37(44)27-18-20-28(21-19-27)38-36(43)33(25-11-5-3-6-12-25)47-31-17-9-15-29(23-31)39-35(42)32(24-30-16-10-22-46-30)40-34(41)26-13-7-4-8-14-26/h3-24,33H,2H2,1H3,(H,38,43)(H,39,42)(H,40,41)/b32-24-. The van der Waals surface area contributed by atoms with E-state index in [0.717, 1.165) is 5.56 Å². The van der Waals surface area contributed by atoms with E-state index in [2.05, 4.69) is 16.0 Å². The maximum atomic E-state index is 13.6. The Morgan fingerprint density at radius 1 is 0.766 bits per heavy atom. The van der Waals surface area contributed by atoms with Crippen molar-refractivity contribution in [3.05, 3.63) is 156 Å². The molecule has 9 nitrogen and oxygen atoms in total. The van der Waals surface area contributed by atoms with Crippen molar-refractivity contribution >= 4 is 52.9 Å². The average molecular weight is 646 g/mol.